The van der Waals surface area contributed by atoms with E-state index in [2.05, 4.69) is 31.6 Å². The summed E-state index contributed by atoms with van der Waals surface area (Å²) in [4.78, 5) is 17.2. The second-order valence-corrected chi connectivity index (χ2v) is 6.94. The lowest BCUT2D eigenvalue weighted by atomic mass is 10.1. The van der Waals surface area contributed by atoms with Crippen LogP contribution in [0.3, 0.4) is 0 Å². The number of benzene rings is 1. The molecule has 0 aliphatic rings. The molecular weight excluding hydrogens is 292 g/mol. The minimum Gasteiger partial charge on any atom is -0.392 e. The van der Waals surface area contributed by atoms with Crippen LogP contribution in [0.2, 0.25) is 0 Å². The lowest BCUT2D eigenvalue weighted by Crippen LogP contribution is -2.40. The van der Waals surface area contributed by atoms with Crippen LogP contribution in [0.25, 0.3) is 0 Å². The van der Waals surface area contributed by atoms with Crippen LogP contribution in [0.4, 0.5) is 0 Å². The third-order valence-corrected chi connectivity index (χ3v) is 3.40. The molecule has 5 heteroatoms. The Morgan fingerprint density at radius 1 is 1.22 bits per heavy atom. The Morgan fingerprint density at radius 3 is 2.48 bits per heavy atom. The number of amides is 1. The molecule has 2 atom stereocenters. The standard InChI is InChI=1S/C18H30N2O3/c1-14(9-8-12-16(21)13-19-18(2,3)4)23-20-17(22)15-10-6-5-7-11-15/h5-7,10-11,14,16,19,21H,8-9,12-13H2,1-4H3,(H,20,22). The van der Waals surface area contributed by atoms with Crippen LogP contribution in [-0.2, 0) is 4.84 Å². The van der Waals surface area contributed by atoms with Gasteiger partial charge in [-0.05, 0) is 59.1 Å². The van der Waals surface area contributed by atoms with E-state index in [0.717, 1.165) is 12.8 Å². The molecule has 130 valence electrons. The van der Waals surface area contributed by atoms with Gasteiger partial charge in [0.15, 0.2) is 0 Å². The smallest absolute Gasteiger partial charge is 0.274 e. The minimum atomic E-state index is -0.361. The van der Waals surface area contributed by atoms with E-state index < -0.39 is 0 Å². The molecule has 23 heavy (non-hydrogen) atoms. The fourth-order valence-electron chi connectivity index (χ4n) is 2.03. The van der Waals surface area contributed by atoms with Crippen LogP contribution in [0, 0.1) is 0 Å². The van der Waals surface area contributed by atoms with Gasteiger partial charge in [-0.3, -0.25) is 9.63 Å². The van der Waals surface area contributed by atoms with Crippen molar-refractivity contribution in [3.05, 3.63) is 35.9 Å². The number of hydrogen-bond acceptors (Lipinski definition) is 4. The van der Waals surface area contributed by atoms with Gasteiger partial charge in [0.1, 0.15) is 0 Å². The number of carbonyl (C=O) groups is 1. The summed E-state index contributed by atoms with van der Waals surface area (Å²) in [6.07, 6.45) is 1.88. The first kappa shape index (κ1) is 19.6. The van der Waals surface area contributed by atoms with E-state index in [-0.39, 0.29) is 23.7 Å². The molecular formula is C18H30N2O3. The second kappa shape index (κ2) is 9.65. The van der Waals surface area contributed by atoms with E-state index in [0.29, 0.717) is 18.5 Å². The number of rotatable bonds is 9. The zero-order valence-electron chi connectivity index (χ0n) is 14.6. The predicted octanol–water partition coefficient (Wildman–Crippen LogP) is 2.66. The highest BCUT2D eigenvalue weighted by Crippen LogP contribution is 2.08. The fourth-order valence-corrected chi connectivity index (χ4v) is 2.03. The third kappa shape index (κ3) is 9.33. The molecule has 3 N–H and O–H groups in total. The minimum absolute atomic E-state index is 0.0130. The van der Waals surface area contributed by atoms with E-state index >= 15 is 0 Å². The van der Waals surface area contributed by atoms with Crippen LogP contribution in [0.15, 0.2) is 30.3 Å². The Labute approximate surface area is 139 Å². The molecule has 0 saturated heterocycles. The molecule has 1 amide bonds. The lowest BCUT2D eigenvalue weighted by Gasteiger charge is -2.23. The van der Waals surface area contributed by atoms with Crippen molar-refractivity contribution >= 4 is 5.91 Å². The fraction of sp³-hybridized carbons (Fsp3) is 0.611. The maximum absolute atomic E-state index is 11.8. The molecule has 0 radical (unpaired) electrons. The van der Waals surface area contributed by atoms with E-state index in [9.17, 15) is 9.90 Å². The molecule has 1 rings (SSSR count). The summed E-state index contributed by atoms with van der Waals surface area (Å²) < 4.78 is 0. The highest BCUT2D eigenvalue weighted by molar-refractivity contribution is 5.93. The van der Waals surface area contributed by atoms with E-state index in [1.54, 1.807) is 12.1 Å². The monoisotopic (exact) mass is 322 g/mol. The van der Waals surface area contributed by atoms with Crippen LogP contribution < -0.4 is 10.8 Å². The SMILES string of the molecule is CC(CCCC(O)CNC(C)(C)C)ONC(=O)c1ccccc1. The van der Waals surface area contributed by atoms with Crippen molar-refractivity contribution < 1.29 is 14.7 Å². The Bertz CT molecular complexity index is 457. The topological polar surface area (TPSA) is 70.6 Å². The van der Waals surface area contributed by atoms with Crippen LogP contribution in [-0.4, -0.2) is 35.3 Å². The Hall–Kier alpha value is -1.43. The summed E-state index contributed by atoms with van der Waals surface area (Å²) in [5.41, 5.74) is 3.05. The summed E-state index contributed by atoms with van der Waals surface area (Å²) >= 11 is 0. The van der Waals surface area contributed by atoms with Gasteiger partial charge in [-0.25, -0.2) is 5.48 Å². The van der Waals surface area contributed by atoms with Gasteiger partial charge in [0.25, 0.3) is 5.91 Å². The van der Waals surface area contributed by atoms with E-state index in [1.807, 2.05) is 25.1 Å². The Balaban J connectivity index is 2.15. The molecule has 0 aromatic heterocycles. The molecule has 1 aromatic carbocycles. The van der Waals surface area contributed by atoms with Crippen LogP contribution in [0.5, 0.6) is 0 Å². The van der Waals surface area contributed by atoms with Gasteiger partial charge in [-0.1, -0.05) is 18.2 Å². The highest BCUT2D eigenvalue weighted by Gasteiger charge is 2.13. The van der Waals surface area contributed by atoms with Crippen molar-refractivity contribution in [3.63, 3.8) is 0 Å². The maximum atomic E-state index is 11.8. The van der Waals surface area contributed by atoms with Gasteiger partial charge in [-0.2, -0.15) is 0 Å². The zero-order valence-corrected chi connectivity index (χ0v) is 14.6. The normalized spacial score (nSPS) is 14.3. The molecule has 0 heterocycles. The first-order valence-corrected chi connectivity index (χ1v) is 8.22. The number of nitrogens with one attached hydrogen (secondary N) is 2. The van der Waals surface area contributed by atoms with Crippen LogP contribution in [0.1, 0.15) is 57.3 Å². The van der Waals surface area contributed by atoms with Crippen molar-refractivity contribution in [3.8, 4) is 0 Å². The Kier molecular flexibility index (Phi) is 8.23. The van der Waals surface area contributed by atoms with E-state index in [4.69, 9.17) is 4.84 Å². The van der Waals surface area contributed by atoms with Gasteiger partial charge in [0, 0.05) is 17.6 Å². The zero-order chi connectivity index (χ0) is 17.3. The lowest BCUT2D eigenvalue weighted by molar-refractivity contribution is -0.0131. The summed E-state index contributed by atoms with van der Waals surface area (Å²) in [6.45, 7) is 8.72. The summed E-state index contributed by atoms with van der Waals surface area (Å²) in [5.74, 6) is -0.244. The van der Waals surface area contributed by atoms with Crippen molar-refractivity contribution in [2.75, 3.05) is 6.54 Å². The van der Waals surface area contributed by atoms with Gasteiger partial charge in [0.05, 0.1) is 12.2 Å². The second-order valence-electron chi connectivity index (χ2n) is 6.94. The molecule has 0 saturated carbocycles. The van der Waals surface area contributed by atoms with Gasteiger partial charge >= 0.3 is 0 Å². The van der Waals surface area contributed by atoms with Crippen molar-refractivity contribution in [1.29, 1.82) is 0 Å². The summed E-state index contributed by atoms with van der Waals surface area (Å²) in [6, 6.07) is 8.96. The largest absolute Gasteiger partial charge is 0.392 e. The average molecular weight is 322 g/mol. The molecule has 2 unspecified atom stereocenters. The number of hydrogen-bond donors (Lipinski definition) is 3. The first-order chi connectivity index (χ1) is 10.8. The summed E-state index contributed by atoms with van der Waals surface area (Å²) in [7, 11) is 0. The quantitative estimate of drug-likeness (QED) is 0.611. The molecule has 0 spiro atoms. The number of aliphatic hydroxyl groups excluding tert-OH is 1. The molecule has 0 bridgehead atoms. The van der Waals surface area contributed by atoms with Gasteiger partial charge in [-0.15, -0.1) is 0 Å². The highest BCUT2D eigenvalue weighted by atomic mass is 16.7. The third-order valence-electron chi connectivity index (χ3n) is 3.40. The average Bonchev–Trinajstić information content (AvgIpc) is 2.51. The molecule has 5 nitrogen and oxygen atoms in total. The maximum Gasteiger partial charge on any atom is 0.274 e. The van der Waals surface area contributed by atoms with Crippen molar-refractivity contribution in [2.24, 2.45) is 0 Å². The Morgan fingerprint density at radius 2 is 1.87 bits per heavy atom. The predicted molar refractivity (Wildman–Crippen MR) is 92.1 cm³/mol. The van der Waals surface area contributed by atoms with Crippen molar-refractivity contribution in [1.82, 2.24) is 10.8 Å². The number of carbonyl (C=O) groups excluding carboxylic acids is 1. The van der Waals surface area contributed by atoms with Crippen LogP contribution >= 0.6 is 0 Å². The summed E-state index contributed by atoms with van der Waals surface area (Å²) in [5, 5.41) is 13.2. The molecule has 1 aromatic rings. The number of hydroxylamine groups is 1. The number of aliphatic hydroxyl groups is 1. The number of β-amino-alcohol motifs (C(OH)–C–C–N with tert-alkyl or cyclic N) is 1. The van der Waals surface area contributed by atoms with Gasteiger partial charge < -0.3 is 10.4 Å². The first-order valence-electron chi connectivity index (χ1n) is 8.22. The van der Waals surface area contributed by atoms with Gasteiger partial charge in [0.2, 0.25) is 0 Å². The molecule has 0 aliphatic carbocycles. The molecule has 0 aliphatic heterocycles. The van der Waals surface area contributed by atoms with E-state index in [1.165, 1.54) is 0 Å². The molecule has 0 fully saturated rings. The van der Waals surface area contributed by atoms with Crippen molar-refractivity contribution in [2.45, 2.75) is 64.7 Å².